The van der Waals surface area contributed by atoms with Crippen LogP contribution in [0.5, 0.6) is 0 Å². The molecular weight excluding hydrogens is 318 g/mol. The van der Waals surface area contributed by atoms with E-state index in [2.05, 4.69) is 15.1 Å². The Morgan fingerprint density at radius 3 is 2.83 bits per heavy atom. The predicted octanol–water partition coefficient (Wildman–Crippen LogP) is -0.560. The van der Waals surface area contributed by atoms with E-state index >= 15 is 0 Å². The maximum absolute atomic E-state index is 12.8. The van der Waals surface area contributed by atoms with Gasteiger partial charge in [0.25, 0.3) is 0 Å². The molecule has 1 aromatic heterocycles. The topological polar surface area (TPSA) is 96.3 Å². The number of nitrogens with one attached hydrogen (secondary N) is 2. The number of sulfonamides is 1. The first-order chi connectivity index (χ1) is 10.9. The van der Waals surface area contributed by atoms with Crippen molar-refractivity contribution in [3.8, 4) is 0 Å². The summed E-state index contributed by atoms with van der Waals surface area (Å²) in [7, 11) is -2.09. The number of rotatable bonds is 4. The van der Waals surface area contributed by atoms with E-state index in [4.69, 9.17) is 0 Å². The van der Waals surface area contributed by atoms with Gasteiger partial charge in [-0.05, 0) is 32.7 Å². The fourth-order valence-electron chi connectivity index (χ4n) is 3.45. The van der Waals surface area contributed by atoms with Crippen LogP contribution in [-0.4, -0.2) is 60.2 Å². The Kier molecular flexibility index (Phi) is 4.43. The predicted molar refractivity (Wildman–Crippen MR) is 84.1 cm³/mol. The molecule has 23 heavy (non-hydrogen) atoms. The Labute approximate surface area is 136 Å². The second kappa shape index (κ2) is 6.21. The van der Waals surface area contributed by atoms with Crippen molar-refractivity contribution < 1.29 is 13.2 Å². The van der Waals surface area contributed by atoms with Crippen molar-refractivity contribution in [3.05, 3.63) is 12.4 Å². The molecule has 2 bridgehead atoms. The Balaban J connectivity index is 1.72. The minimum Gasteiger partial charge on any atom is -0.334 e. The number of aromatic nitrogens is 2. The van der Waals surface area contributed by atoms with E-state index in [0.717, 1.165) is 32.4 Å². The van der Waals surface area contributed by atoms with E-state index in [1.807, 2.05) is 4.90 Å². The maximum Gasteiger partial charge on any atom is 0.244 e. The first-order valence-electron chi connectivity index (χ1n) is 7.92. The number of carbonyl (C=O) groups excluding carboxylic acids is 1. The summed E-state index contributed by atoms with van der Waals surface area (Å²) in [5, 5.41) is 7.20. The first-order valence-corrected chi connectivity index (χ1v) is 9.40. The Morgan fingerprint density at radius 2 is 2.13 bits per heavy atom. The molecule has 8 nitrogen and oxygen atoms in total. The zero-order chi connectivity index (χ0) is 16.6. The van der Waals surface area contributed by atoms with E-state index < -0.39 is 16.1 Å². The summed E-state index contributed by atoms with van der Waals surface area (Å²) >= 11 is 0. The van der Waals surface area contributed by atoms with E-state index in [1.54, 1.807) is 14.0 Å². The standard InChI is InChI=1S/C14H23N5O3S/c1-10(17-23(21,22)13-8-16-18(2)9-13)14(20)19-11-3-4-12(19)7-15-6-5-11/h8-12,15,17H,3-7H2,1-2H3. The zero-order valence-electron chi connectivity index (χ0n) is 13.4. The first kappa shape index (κ1) is 16.4. The lowest BCUT2D eigenvalue weighted by molar-refractivity contribution is -0.135. The molecule has 2 N–H and O–H groups in total. The molecule has 0 spiro atoms. The van der Waals surface area contributed by atoms with Crippen molar-refractivity contribution in [1.82, 2.24) is 24.7 Å². The van der Waals surface area contributed by atoms with Crippen LogP contribution in [0.1, 0.15) is 26.2 Å². The van der Waals surface area contributed by atoms with Gasteiger partial charge in [0.2, 0.25) is 15.9 Å². The lowest BCUT2D eigenvalue weighted by atomic mass is 10.1. The molecule has 0 aliphatic carbocycles. The average molecular weight is 341 g/mol. The number of carbonyl (C=O) groups is 1. The molecule has 2 aliphatic rings. The maximum atomic E-state index is 12.8. The number of hydrogen-bond donors (Lipinski definition) is 2. The van der Waals surface area contributed by atoms with Crippen LogP contribution in [0.4, 0.5) is 0 Å². The molecular formula is C14H23N5O3S. The number of hydrogen-bond acceptors (Lipinski definition) is 5. The second-order valence-corrected chi connectivity index (χ2v) is 8.03. The molecule has 1 amide bonds. The Bertz CT molecular complexity index is 672. The number of aryl methyl sites for hydroxylation is 1. The quantitative estimate of drug-likeness (QED) is 0.765. The minimum absolute atomic E-state index is 0.0696. The summed E-state index contributed by atoms with van der Waals surface area (Å²) < 4.78 is 28.6. The van der Waals surface area contributed by atoms with Gasteiger partial charge in [0.05, 0.1) is 12.2 Å². The molecule has 2 saturated heterocycles. The van der Waals surface area contributed by atoms with Crippen molar-refractivity contribution in [2.24, 2.45) is 7.05 Å². The van der Waals surface area contributed by atoms with Crippen LogP contribution in [0.2, 0.25) is 0 Å². The molecule has 2 aliphatic heterocycles. The molecule has 3 heterocycles. The summed E-state index contributed by atoms with van der Waals surface area (Å²) in [6, 6.07) is -0.408. The zero-order valence-corrected chi connectivity index (χ0v) is 14.2. The van der Waals surface area contributed by atoms with Crippen LogP contribution in [0.3, 0.4) is 0 Å². The van der Waals surface area contributed by atoms with Crippen LogP contribution >= 0.6 is 0 Å². The van der Waals surface area contributed by atoms with Gasteiger partial charge in [0.15, 0.2) is 0 Å². The lowest BCUT2D eigenvalue weighted by Gasteiger charge is -2.30. The summed E-state index contributed by atoms with van der Waals surface area (Å²) in [6.45, 7) is 3.29. The Hall–Kier alpha value is -1.45. The highest BCUT2D eigenvalue weighted by atomic mass is 32.2. The van der Waals surface area contributed by atoms with Crippen LogP contribution in [0.15, 0.2) is 17.3 Å². The monoisotopic (exact) mass is 341 g/mol. The molecule has 0 radical (unpaired) electrons. The van der Waals surface area contributed by atoms with Crippen molar-refractivity contribution >= 4 is 15.9 Å². The van der Waals surface area contributed by atoms with Crippen LogP contribution in [-0.2, 0) is 21.9 Å². The van der Waals surface area contributed by atoms with E-state index in [1.165, 1.54) is 17.1 Å². The van der Waals surface area contributed by atoms with Crippen molar-refractivity contribution in [1.29, 1.82) is 0 Å². The molecule has 1 aromatic rings. The SMILES string of the molecule is CC(NS(=O)(=O)c1cnn(C)c1)C(=O)N1C2CCNCC1CC2. The molecule has 9 heteroatoms. The largest absolute Gasteiger partial charge is 0.334 e. The molecule has 2 fully saturated rings. The van der Waals surface area contributed by atoms with Crippen LogP contribution in [0, 0.1) is 0 Å². The molecule has 128 valence electrons. The molecule has 3 atom stereocenters. The summed E-state index contributed by atoms with van der Waals surface area (Å²) in [4.78, 5) is 14.7. The van der Waals surface area contributed by atoms with Crippen molar-refractivity contribution in [2.75, 3.05) is 13.1 Å². The van der Waals surface area contributed by atoms with E-state index in [-0.39, 0.29) is 22.9 Å². The third-order valence-electron chi connectivity index (χ3n) is 4.60. The van der Waals surface area contributed by atoms with Gasteiger partial charge in [-0.25, -0.2) is 8.42 Å². The van der Waals surface area contributed by atoms with E-state index in [9.17, 15) is 13.2 Å². The molecule has 3 rings (SSSR count). The molecule has 0 saturated carbocycles. The van der Waals surface area contributed by atoms with Gasteiger partial charge in [-0.3, -0.25) is 9.48 Å². The van der Waals surface area contributed by atoms with Crippen molar-refractivity contribution in [2.45, 2.75) is 49.2 Å². The summed E-state index contributed by atoms with van der Waals surface area (Å²) in [5.41, 5.74) is 0. The second-order valence-electron chi connectivity index (χ2n) is 6.32. The lowest BCUT2D eigenvalue weighted by Crippen LogP contribution is -2.51. The van der Waals surface area contributed by atoms with Crippen LogP contribution in [0.25, 0.3) is 0 Å². The number of amides is 1. The van der Waals surface area contributed by atoms with Gasteiger partial charge >= 0.3 is 0 Å². The average Bonchev–Trinajstić information content (AvgIpc) is 3.01. The van der Waals surface area contributed by atoms with Gasteiger partial charge in [-0.2, -0.15) is 9.82 Å². The fourth-order valence-corrected chi connectivity index (χ4v) is 4.63. The summed E-state index contributed by atoms with van der Waals surface area (Å²) in [5.74, 6) is -0.145. The van der Waals surface area contributed by atoms with Gasteiger partial charge in [-0.15, -0.1) is 0 Å². The molecule has 3 unspecified atom stereocenters. The van der Waals surface area contributed by atoms with Gasteiger partial charge in [-0.1, -0.05) is 0 Å². The van der Waals surface area contributed by atoms with Crippen molar-refractivity contribution in [3.63, 3.8) is 0 Å². The third kappa shape index (κ3) is 3.26. The Morgan fingerprint density at radius 1 is 1.39 bits per heavy atom. The smallest absolute Gasteiger partial charge is 0.244 e. The fraction of sp³-hybridized carbons (Fsp3) is 0.714. The minimum atomic E-state index is -3.74. The highest BCUT2D eigenvalue weighted by Crippen LogP contribution is 2.28. The van der Waals surface area contributed by atoms with E-state index in [0.29, 0.717) is 0 Å². The summed E-state index contributed by atoms with van der Waals surface area (Å²) in [6.07, 6.45) is 5.59. The number of fused-ring (bicyclic) bond motifs is 2. The van der Waals surface area contributed by atoms with Gasteiger partial charge < -0.3 is 10.2 Å². The third-order valence-corrected chi connectivity index (χ3v) is 6.10. The highest BCUT2D eigenvalue weighted by molar-refractivity contribution is 7.89. The van der Waals surface area contributed by atoms with Gasteiger partial charge in [0.1, 0.15) is 4.90 Å². The normalized spacial score (nSPS) is 26.1. The van der Waals surface area contributed by atoms with Gasteiger partial charge in [0, 0.05) is 31.9 Å². The van der Waals surface area contributed by atoms with Crippen LogP contribution < -0.4 is 10.0 Å². The highest BCUT2D eigenvalue weighted by Gasteiger charge is 2.40. The number of nitrogens with zero attached hydrogens (tertiary/aromatic N) is 3. The molecule has 0 aromatic carbocycles.